The van der Waals surface area contributed by atoms with Crippen molar-refractivity contribution in [3.8, 4) is 10.6 Å². The maximum atomic E-state index is 13.5. The van der Waals surface area contributed by atoms with Crippen LogP contribution < -0.4 is 15.4 Å². The lowest BCUT2D eigenvalue weighted by Crippen LogP contribution is -2.49. The first-order chi connectivity index (χ1) is 18.7. The van der Waals surface area contributed by atoms with Gasteiger partial charge in [0, 0.05) is 11.8 Å². The number of carbonyl (C=O) groups excluding carboxylic acids is 2. The second-order valence-electron chi connectivity index (χ2n) is 8.47. The summed E-state index contributed by atoms with van der Waals surface area (Å²) in [5.74, 6) is -0.410. The standard InChI is InChI=1S/C26H26N4O6S3/c1-36-26(32)29-20(14-17-6-3-2-4-7-17)24(31)27-21(25-28-22(16-38-25)23-8-5-13-37-23)15-18-9-11-19(12-10-18)30-39(33,34)35/h2-13,16,20-21,30H,14-15H2,1H3,(H,27,31)(H,29,32)(H,33,34,35)/t20-,21?/m0/s1. The predicted molar refractivity (Wildman–Crippen MR) is 151 cm³/mol. The van der Waals surface area contributed by atoms with E-state index in [-0.39, 0.29) is 12.1 Å². The summed E-state index contributed by atoms with van der Waals surface area (Å²) in [7, 11) is -3.16. The molecule has 10 nitrogen and oxygen atoms in total. The molecule has 13 heteroatoms. The number of rotatable bonds is 11. The molecular weight excluding hydrogens is 561 g/mol. The van der Waals surface area contributed by atoms with Crippen molar-refractivity contribution in [2.45, 2.75) is 24.9 Å². The van der Waals surface area contributed by atoms with Gasteiger partial charge in [0.25, 0.3) is 0 Å². The Morgan fingerprint density at radius 2 is 1.67 bits per heavy atom. The van der Waals surface area contributed by atoms with Crippen LogP contribution >= 0.6 is 22.7 Å². The zero-order valence-electron chi connectivity index (χ0n) is 20.7. The lowest BCUT2D eigenvalue weighted by molar-refractivity contribution is -0.123. The van der Waals surface area contributed by atoms with E-state index in [4.69, 9.17) is 14.3 Å². The topological polar surface area (TPSA) is 147 Å². The molecular formula is C26H26N4O6S3. The van der Waals surface area contributed by atoms with Gasteiger partial charge in [0.05, 0.1) is 29.4 Å². The van der Waals surface area contributed by atoms with Crippen LogP contribution in [0.3, 0.4) is 0 Å². The third kappa shape index (κ3) is 8.35. The van der Waals surface area contributed by atoms with Gasteiger partial charge in [0.1, 0.15) is 11.0 Å². The van der Waals surface area contributed by atoms with Gasteiger partial charge in [0.2, 0.25) is 5.91 Å². The molecule has 0 aliphatic heterocycles. The van der Waals surface area contributed by atoms with Crippen LogP contribution in [0.15, 0.2) is 77.5 Å². The maximum Gasteiger partial charge on any atom is 0.407 e. The molecule has 0 saturated carbocycles. The average Bonchev–Trinajstić information content (AvgIpc) is 3.61. The SMILES string of the molecule is COC(=O)N[C@@H](Cc1ccccc1)C(=O)NC(Cc1ccc(NS(=O)(=O)O)cc1)c1nc(-c2cccs2)cs1. The average molecular weight is 587 g/mol. The fourth-order valence-corrected chi connectivity index (χ4v) is 5.88. The molecule has 0 bridgehead atoms. The first-order valence-electron chi connectivity index (χ1n) is 11.7. The Labute approximate surface area is 234 Å². The smallest absolute Gasteiger partial charge is 0.407 e. The van der Waals surface area contributed by atoms with Gasteiger partial charge < -0.3 is 15.4 Å². The predicted octanol–water partition coefficient (Wildman–Crippen LogP) is 4.45. The Hall–Kier alpha value is -3.78. The fourth-order valence-electron chi connectivity index (χ4n) is 3.81. The summed E-state index contributed by atoms with van der Waals surface area (Å²) in [6.07, 6.45) is -0.132. The summed E-state index contributed by atoms with van der Waals surface area (Å²) in [5.41, 5.74) is 2.64. The Morgan fingerprint density at radius 3 is 2.31 bits per heavy atom. The molecule has 39 heavy (non-hydrogen) atoms. The highest BCUT2D eigenvalue weighted by Crippen LogP contribution is 2.30. The van der Waals surface area contributed by atoms with Crippen molar-refractivity contribution in [2.75, 3.05) is 11.8 Å². The number of methoxy groups -OCH3 is 1. The van der Waals surface area contributed by atoms with E-state index in [0.29, 0.717) is 11.4 Å². The molecule has 2 aromatic carbocycles. The van der Waals surface area contributed by atoms with Crippen molar-refractivity contribution in [1.29, 1.82) is 0 Å². The van der Waals surface area contributed by atoms with Crippen molar-refractivity contribution in [3.63, 3.8) is 0 Å². The van der Waals surface area contributed by atoms with Crippen molar-refractivity contribution < 1.29 is 27.3 Å². The molecule has 0 aliphatic rings. The third-order valence-electron chi connectivity index (χ3n) is 5.63. The summed E-state index contributed by atoms with van der Waals surface area (Å²) in [4.78, 5) is 31.3. The van der Waals surface area contributed by atoms with Crippen LogP contribution in [0.25, 0.3) is 10.6 Å². The minimum absolute atomic E-state index is 0.196. The number of nitrogens with zero attached hydrogens (tertiary/aromatic N) is 1. The normalized spacial score (nSPS) is 12.8. The molecule has 4 rings (SSSR count). The van der Waals surface area contributed by atoms with Crippen LogP contribution in [-0.4, -0.2) is 43.1 Å². The largest absolute Gasteiger partial charge is 0.453 e. The van der Waals surface area contributed by atoms with Gasteiger partial charge in [-0.3, -0.25) is 14.1 Å². The van der Waals surface area contributed by atoms with E-state index in [1.54, 1.807) is 23.5 Å². The molecule has 2 aromatic heterocycles. The van der Waals surface area contributed by atoms with Gasteiger partial charge in [-0.15, -0.1) is 22.7 Å². The number of alkyl carbamates (subject to hydrolysis) is 1. The Morgan fingerprint density at radius 1 is 0.949 bits per heavy atom. The van der Waals surface area contributed by atoms with Gasteiger partial charge in [-0.05, 0) is 41.1 Å². The van der Waals surface area contributed by atoms with E-state index in [2.05, 4.69) is 10.6 Å². The van der Waals surface area contributed by atoms with Crippen LogP contribution in [0.2, 0.25) is 0 Å². The number of hydrogen-bond acceptors (Lipinski definition) is 8. The molecule has 0 fully saturated rings. The quantitative estimate of drug-likeness (QED) is 0.190. The summed E-state index contributed by atoms with van der Waals surface area (Å²) >= 11 is 2.97. The first-order valence-corrected chi connectivity index (χ1v) is 14.9. The summed E-state index contributed by atoms with van der Waals surface area (Å²) in [6, 6.07) is 18.2. The molecule has 2 amide bonds. The Bertz CT molecular complexity index is 1490. The highest BCUT2D eigenvalue weighted by Gasteiger charge is 2.26. The Kier molecular flexibility index (Phi) is 9.30. The molecule has 4 aromatic rings. The van der Waals surface area contributed by atoms with E-state index in [9.17, 15) is 18.0 Å². The number of thiazole rings is 1. The van der Waals surface area contributed by atoms with Gasteiger partial charge in [0.15, 0.2) is 0 Å². The molecule has 2 atom stereocenters. The van der Waals surface area contributed by atoms with Gasteiger partial charge in [-0.25, -0.2) is 9.78 Å². The Balaban J connectivity index is 1.59. The van der Waals surface area contributed by atoms with Crippen molar-refractivity contribution >= 4 is 50.7 Å². The highest BCUT2D eigenvalue weighted by molar-refractivity contribution is 7.87. The maximum absolute atomic E-state index is 13.5. The number of ether oxygens (including phenoxy) is 1. The zero-order chi connectivity index (χ0) is 27.8. The highest BCUT2D eigenvalue weighted by atomic mass is 32.2. The molecule has 0 aliphatic carbocycles. The van der Waals surface area contributed by atoms with Gasteiger partial charge in [-0.1, -0.05) is 48.5 Å². The first kappa shape index (κ1) is 28.2. The number of thiophene rings is 1. The number of carbonyl (C=O) groups is 2. The number of nitrogens with one attached hydrogen (secondary N) is 3. The van der Waals surface area contributed by atoms with Gasteiger partial charge in [-0.2, -0.15) is 8.42 Å². The van der Waals surface area contributed by atoms with Crippen LogP contribution in [0.5, 0.6) is 0 Å². The van der Waals surface area contributed by atoms with E-state index in [0.717, 1.165) is 21.7 Å². The van der Waals surface area contributed by atoms with Crippen molar-refractivity contribution in [2.24, 2.45) is 0 Å². The second-order valence-corrected chi connectivity index (χ2v) is 11.5. The summed E-state index contributed by atoms with van der Waals surface area (Å²) < 4.78 is 38.0. The minimum Gasteiger partial charge on any atom is -0.453 e. The van der Waals surface area contributed by atoms with Crippen LogP contribution in [0.1, 0.15) is 22.2 Å². The number of anilines is 1. The second kappa shape index (κ2) is 12.8. The third-order valence-corrected chi connectivity index (χ3v) is 7.97. The molecule has 4 N–H and O–H groups in total. The van der Waals surface area contributed by atoms with E-state index >= 15 is 0 Å². The van der Waals surface area contributed by atoms with Crippen molar-refractivity contribution in [1.82, 2.24) is 15.6 Å². The lowest BCUT2D eigenvalue weighted by atomic mass is 10.0. The van der Waals surface area contributed by atoms with Crippen LogP contribution in [0, 0.1) is 0 Å². The van der Waals surface area contributed by atoms with E-state index in [1.807, 2.05) is 57.9 Å². The van der Waals surface area contributed by atoms with Crippen molar-refractivity contribution in [3.05, 3.63) is 93.6 Å². The van der Waals surface area contributed by atoms with Gasteiger partial charge >= 0.3 is 16.4 Å². The van der Waals surface area contributed by atoms with Crippen LogP contribution in [-0.2, 0) is 32.7 Å². The summed E-state index contributed by atoms with van der Waals surface area (Å²) in [6.45, 7) is 0. The molecule has 1 unspecified atom stereocenters. The number of amides is 2. The summed E-state index contributed by atoms with van der Waals surface area (Å²) in [5, 5.41) is 10.2. The zero-order valence-corrected chi connectivity index (χ0v) is 23.2. The van der Waals surface area contributed by atoms with Crippen LogP contribution in [0.4, 0.5) is 10.5 Å². The monoisotopic (exact) mass is 586 g/mol. The molecule has 0 radical (unpaired) electrons. The fraction of sp³-hybridized carbons (Fsp3) is 0.192. The molecule has 0 saturated heterocycles. The van der Waals surface area contributed by atoms with E-state index in [1.165, 1.54) is 30.6 Å². The molecule has 2 heterocycles. The molecule has 0 spiro atoms. The number of benzene rings is 2. The lowest BCUT2D eigenvalue weighted by Gasteiger charge is -2.22. The minimum atomic E-state index is -4.40. The molecule has 204 valence electrons. The number of aromatic nitrogens is 1. The number of hydrogen-bond donors (Lipinski definition) is 4. The van der Waals surface area contributed by atoms with E-state index < -0.39 is 34.4 Å².